The normalized spacial score (nSPS) is 22.8. The lowest BCUT2D eigenvalue weighted by atomic mass is 9.93. The summed E-state index contributed by atoms with van der Waals surface area (Å²) in [5, 5.41) is 3.52. The highest BCUT2D eigenvalue weighted by molar-refractivity contribution is 7.92. The molecule has 1 aromatic carbocycles. The van der Waals surface area contributed by atoms with E-state index in [-0.39, 0.29) is 0 Å². The Labute approximate surface area is 127 Å². The molecule has 0 bridgehead atoms. The largest absolute Gasteiger partial charge is 0.382 e. The monoisotopic (exact) mass is 312 g/mol. The fraction of sp³-hybridized carbons (Fsp3) is 0.600. The summed E-state index contributed by atoms with van der Waals surface area (Å²) in [6.45, 7) is 1.90. The van der Waals surface area contributed by atoms with E-state index >= 15 is 0 Å². The summed E-state index contributed by atoms with van der Waals surface area (Å²) >= 11 is 0. The van der Waals surface area contributed by atoms with Gasteiger partial charge in [0.2, 0.25) is 10.0 Å². The average Bonchev–Trinajstić information content (AvgIpc) is 2.41. The van der Waals surface area contributed by atoms with Crippen molar-refractivity contribution in [3.63, 3.8) is 0 Å². The summed E-state index contributed by atoms with van der Waals surface area (Å²) in [6, 6.07) is 6.17. The summed E-state index contributed by atoms with van der Waals surface area (Å²) < 4.78 is 30.5. The van der Waals surface area contributed by atoms with E-state index in [1.54, 1.807) is 13.2 Å². The van der Waals surface area contributed by atoms with Gasteiger partial charge in [-0.25, -0.2) is 8.42 Å². The number of hydrogen-bond donors (Lipinski definition) is 2. The lowest BCUT2D eigenvalue weighted by Gasteiger charge is -2.29. The number of methoxy groups -OCH3 is 1. The van der Waals surface area contributed by atoms with Gasteiger partial charge in [-0.1, -0.05) is 0 Å². The predicted molar refractivity (Wildman–Crippen MR) is 86.3 cm³/mol. The number of ether oxygens (including phenoxy) is 1. The van der Waals surface area contributed by atoms with Crippen LogP contribution in [0, 0.1) is 6.92 Å². The smallest absolute Gasteiger partial charge is 0.229 e. The molecule has 1 aromatic rings. The molecule has 1 aliphatic rings. The molecule has 1 aliphatic carbocycles. The highest BCUT2D eigenvalue weighted by Crippen LogP contribution is 2.26. The number of aryl methyl sites for hydroxylation is 1. The highest BCUT2D eigenvalue weighted by atomic mass is 32.2. The van der Waals surface area contributed by atoms with Gasteiger partial charge in [-0.05, 0) is 56.4 Å². The van der Waals surface area contributed by atoms with Gasteiger partial charge < -0.3 is 10.1 Å². The van der Waals surface area contributed by atoms with Crippen LogP contribution in [0.3, 0.4) is 0 Å². The molecule has 1 fully saturated rings. The zero-order valence-corrected chi connectivity index (χ0v) is 13.7. The van der Waals surface area contributed by atoms with E-state index in [9.17, 15) is 8.42 Å². The standard InChI is InChI=1S/C15H24N2O3S/c1-11-10-13(6-9-15(11)17-21(3,18)19)16-12-4-7-14(20-2)8-5-12/h6,9-10,12,14,16-17H,4-5,7-8H2,1-3H3. The third kappa shape index (κ3) is 4.89. The third-order valence-corrected chi connectivity index (χ3v) is 4.49. The van der Waals surface area contributed by atoms with Crippen LogP contribution in [-0.2, 0) is 14.8 Å². The molecule has 0 aromatic heterocycles. The van der Waals surface area contributed by atoms with Crippen LogP contribution in [0.2, 0.25) is 0 Å². The molecule has 0 atom stereocenters. The van der Waals surface area contributed by atoms with Crippen LogP contribution in [-0.4, -0.2) is 33.9 Å². The summed E-state index contributed by atoms with van der Waals surface area (Å²) in [4.78, 5) is 0. The van der Waals surface area contributed by atoms with Gasteiger partial charge in [0.1, 0.15) is 0 Å². The summed E-state index contributed by atoms with van der Waals surface area (Å²) in [5.74, 6) is 0. The maximum absolute atomic E-state index is 11.3. The highest BCUT2D eigenvalue weighted by Gasteiger charge is 2.20. The van der Waals surface area contributed by atoms with Crippen molar-refractivity contribution in [3.05, 3.63) is 23.8 Å². The Balaban J connectivity index is 1.97. The van der Waals surface area contributed by atoms with Crippen LogP contribution in [0.15, 0.2) is 18.2 Å². The number of anilines is 2. The molecule has 2 rings (SSSR count). The van der Waals surface area contributed by atoms with Crippen LogP contribution in [0.4, 0.5) is 11.4 Å². The Morgan fingerprint density at radius 3 is 2.38 bits per heavy atom. The topological polar surface area (TPSA) is 67.4 Å². The van der Waals surface area contributed by atoms with E-state index in [4.69, 9.17) is 4.74 Å². The van der Waals surface area contributed by atoms with Gasteiger partial charge in [0.05, 0.1) is 18.0 Å². The minimum Gasteiger partial charge on any atom is -0.382 e. The van der Waals surface area contributed by atoms with E-state index in [0.29, 0.717) is 17.8 Å². The molecular weight excluding hydrogens is 288 g/mol. The first kappa shape index (κ1) is 16.1. The number of benzene rings is 1. The number of rotatable bonds is 5. The Hall–Kier alpha value is -1.27. The zero-order chi connectivity index (χ0) is 15.5. The molecule has 2 N–H and O–H groups in total. The average molecular weight is 312 g/mol. The van der Waals surface area contributed by atoms with Crippen molar-refractivity contribution in [2.45, 2.75) is 44.8 Å². The lowest BCUT2D eigenvalue weighted by molar-refractivity contribution is 0.0682. The number of hydrogen-bond acceptors (Lipinski definition) is 4. The molecule has 0 amide bonds. The maximum atomic E-state index is 11.3. The van der Waals surface area contributed by atoms with Gasteiger partial charge in [-0.3, -0.25) is 4.72 Å². The van der Waals surface area contributed by atoms with E-state index in [1.165, 1.54) is 0 Å². The fourth-order valence-corrected chi connectivity index (χ4v) is 3.37. The summed E-state index contributed by atoms with van der Waals surface area (Å²) in [5.41, 5.74) is 2.58. The van der Waals surface area contributed by atoms with Crippen molar-refractivity contribution in [1.82, 2.24) is 0 Å². The molecule has 118 valence electrons. The van der Waals surface area contributed by atoms with Crippen LogP contribution in [0.5, 0.6) is 0 Å². The molecule has 0 saturated heterocycles. The minimum atomic E-state index is -3.23. The first-order valence-electron chi connectivity index (χ1n) is 7.25. The van der Waals surface area contributed by atoms with Gasteiger partial charge in [-0.15, -0.1) is 0 Å². The van der Waals surface area contributed by atoms with Crippen molar-refractivity contribution < 1.29 is 13.2 Å². The molecular formula is C15H24N2O3S. The molecule has 0 radical (unpaired) electrons. The van der Waals surface area contributed by atoms with Gasteiger partial charge in [0.15, 0.2) is 0 Å². The molecule has 0 spiro atoms. The van der Waals surface area contributed by atoms with Crippen molar-refractivity contribution in [2.24, 2.45) is 0 Å². The maximum Gasteiger partial charge on any atom is 0.229 e. The quantitative estimate of drug-likeness (QED) is 0.877. The second-order valence-corrected chi connectivity index (χ2v) is 7.51. The first-order valence-corrected chi connectivity index (χ1v) is 9.14. The third-order valence-electron chi connectivity index (χ3n) is 3.90. The minimum absolute atomic E-state index is 0.395. The van der Waals surface area contributed by atoms with Crippen molar-refractivity contribution in [1.29, 1.82) is 0 Å². The number of sulfonamides is 1. The molecule has 1 saturated carbocycles. The van der Waals surface area contributed by atoms with Crippen molar-refractivity contribution in [3.8, 4) is 0 Å². The van der Waals surface area contributed by atoms with Crippen LogP contribution in [0.1, 0.15) is 31.2 Å². The van der Waals surface area contributed by atoms with Crippen molar-refractivity contribution in [2.75, 3.05) is 23.4 Å². The Kier molecular flexibility index (Phi) is 5.11. The Morgan fingerprint density at radius 1 is 1.19 bits per heavy atom. The zero-order valence-electron chi connectivity index (χ0n) is 12.8. The van der Waals surface area contributed by atoms with Gasteiger partial charge in [0.25, 0.3) is 0 Å². The Morgan fingerprint density at radius 2 is 1.86 bits per heavy atom. The van der Waals surface area contributed by atoms with E-state index in [2.05, 4.69) is 10.0 Å². The van der Waals surface area contributed by atoms with Crippen LogP contribution < -0.4 is 10.0 Å². The Bertz CT molecular complexity index is 579. The van der Waals surface area contributed by atoms with Crippen LogP contribution >= 0.6 is 0 Å². The second kappa shape index (κ2) is 6.66. The predicted octanol–water partition coefficient (Wildman–Crippen LogP) is 2.74. The van der Waals surface area contributed by atoms with E-state index in [0.717, 1.165) is 43.2 Å². The van der Waals surface area contributed by atoms with Gasteiger partial charge in [-0.2, -0.15) is 0 Å². The summed E-state index contributed by atoms with van der Waals surface area (Å²) in [6.07, 6.45) is 5.92. The number of nitrogens with one attached hydrogen (secondary N) is 2. The molecule has 0 unspecified atom stereocenters. The molecule has 5 nitrogen and oxygen atoms in total. The SMILES string of the molecule is COC1CCC(Nc2ccc(NS(C)(=O)=O)c(C)c2)CC1. The van der Waals surface area contributed by atoms with E-state index in [1.807, 2.05) is 19.1 Å². The van der Waals surface area contributed by atoms with E-state index < -0.39 is 10.0 Å². The first-order chi connectivity index (χ1) is 9.87. The van der Waals surface area contributed by atoms with Crippen molar-refractivity contribution >= 4 is 21.4 Å². The molecule has 6 heteroatoms. The molecule has 0 heterocycles. The molecule has 21 heavy (non-hydrogen) atoms. The van der Waals surface area contributed by atoms with Gasteiger partial charge in [0, 0.05) is 18.8 Å². The molecule has 0 aliphatic heterocycles. The van der Waals surface area contributed by atoms with Gasteiger partial charge >= 0.3 is 0 Å². The fourth-order valence-electron chi connectivity index (χ4n) is 2.75. The van der Waals surface area contributed by atoms with Crippen LogP contribution in [0.25, 0.3) is 0 Å². The lowest BCUT2D eigenvalue weighted by Crippen LogP contribution is -2.29. The summed E-state index contributed by atoms with van der Waals surface area (Å²) in [7, 11) is -1.46. The second-order valence-electron chi connectivity index (χ2n) is 5.76.